The van der Waals surface area contributed by atoms with Gasteiger partial charge in [-0.3, -0.25) is 4.79 Å². The lowest BCUT2D eigenvalue weighted by Crippen LogP contribution is -2.29. The molecule has 0 aliphatic carbocycles. The molecule has 114 valence electrons. The molecule has 1 atom stereocenters. The van der Waals surface area contributed by atoms with Gasteiger partial charge in [-0.2, -0.15) is 5.26 Å². The normalized spacial score (nSPS) is 11.6. The van der Waals surface area contributed by atoms with Crippen LogP contribution in [0.5, 0.6) is 5.75 Å². The van der Waals surface area contributed by atoms with Gasteiger partial charge in [0.2, 0.25) is 0 Å². The van der Waals surface area contributed by atoms with Crippen LogP contribution in [0, 0.1) is 18.3 Å². The summed E-state index contributed by atoms with van der Waals surface area (Å²) in [5.74, 6) is 0.374. The zero-order chi connectivity index (χ0) is 15.8. The van der Waals surface area contributed by atoms with Crippen molar-refractivity contribution >= 4 is 21.8 Å². The predicted molar refractivity (Wildman–Crippen MR) is 85.0 cm³/mol. The van der Waals surface area contributed by atoms with Gasteiger partial charge in [0.1, 0.15) is 12.3 Å². The van der Waals surface area contributed by atoms with E-state index in [0.717, 1.165) is 22.0 Å². The first kappa shape index (κ1) is 17.5. The van der Waals surface area contributed by atoms with E-state index in [9.17, 15) is 4.79 Å². The molecule has 1 aromatic carbocycles. The maximum absolute atomic E-state index is 11.5. The number of halogens is 1. The second kappa shape index (κ2) is 8.65. The highest BCUT2D eigenvalue weighted by molar-refractivity contribution is 9.10. The third-order valence-electron chi connectivity index (χ3n) is 3.04. The first-order valence-corrected chi connectivity index (χ1v) is 7.58. The molecule has 0 aliphatic heterocycles. The van der Waals surface area contributed by atoms with Crippen LogP contribution in [0.1, 0.15) is 24.5 Å². The number of nitrogens with one attached hydrogen (secondary N) is 1. The molecule has 0 fully saturated rings. The average Bonchev–Trinajstić information content (AvgIpc) is 2.43. The van der Waals surface area contributed by atoms with Crippen LogP contribution in [-0.4, -0.2) is 25.1 Å². The molecule has 1 unspecified atom stereocenters. The van der Waals surface area contributed by atoms with Gasteiger partial charge in [-0.05, 0) is 43.0 Å². The Balaban J connectivity index is 2.84. The molecule has 6 heteroatoms. The molecular weight excluding hydrogens is 334 g/mol. The fourth-order valence-electron chi connectivity index (χ4n) is 1.91. The molecule has 0 spiro atoms. The summed E-state index contributed by atoms with van der Waals surface area (Å²) in [5.41, 5.74) is 7.93. The van der Waals surface area contributed by atoms with E-state index in [1.54, 1.807) is 0 Å². The van der Waals surface area contributed by atoms with Crippen molar-refractivity contribution in [3.8, 4) is 11.8 Å². The van der Waals surface area contributed by atoms with Gasteiger partial charge in [0.15, 0.2) is 6.61 Å². The average molecular weight is 354 g/mol. The maximum atomic E-state index is 11.5. The monoisotopic (exact) mass is 353 g/mol. The second-order valence-electron chi connectivity index (χ2n) is 4.81. The van der Waals surface area contributed by atoms with Crippen molar-refractivity contribution in [3.63, 3.8) is 0 Å². The molecule has 1 rings (SSSR count). The van der Waals surface area contributed by atoms with Crippen molar-refractivity contribution in [3.05, 3.63) is 27.7 Å². The number of nitrogens with zero attached hydrogens (tertiary/aromatic N) is 1. The number of carbonyl (C=O) groups is 1. The maximum Gasteiger partial charge on any atom is 0.258 e. The number of rotatable bonds is 7. The molecule has 0 heterocycles. The molecule has 3 N–H and O–H groups in total. The van der Waals surface area contributed by atoms with Crippen molar-refractivity contribution in [2.45, 2.75) is 32.7 Å². The van der Waals surface area contributed by atoms with Crippen LogP contribution in [0.4, 0.5) is 0 Å². The number of hydrogen-bond acceptors (Lipinski definition) is 4. The van der Waals surface area contributed by atoms with Crippen molar-refractivity contribution in [2.24, 2.45) is 5.73 Å². The Morgan fingerprint density at radius 3 is 2.90 bits per heavy atom. The number of nitriles is 1. The third-order valence-corrected chi connectivity index (χ3v) is 3.49. The minimum Gasteiger partial charge on any atom is -0.483 e. The SMILES string of the molecule is CCC(N)Cc1cc(Br)cc(C)c1OCC(=O)NCC#N. The van der Waals surface area contributed by atoms with Crippen LogP contribution in [0.15, 0.2) is 16.6 Å². The number of ether oxygens (including phenoxy) is 1. The molecule has 0 radical (unpaired) electrons. The highest BCUT2D eigenvalue weighted by Gasteiger charge is 2.13. The molecule has 0 bridgehead atoms. The van der Waals surface area contributed by atoms with Gasteiger partial charge in [-0.1, -0.05) is 22.9 Å². The van der Waals surface area contributed by atoms with Gasteiger partial charge >= 0.3 is 0 Å². The summed E-state index contributed by atoms with van der Waals surface area (Å²) in [4.78, 5) is 11.5. The van der Waals surface area contributed by atoms with Crippen LogP contribution < -0.4 is 15.8 Å². The lowest BCUT2D eigenvalue weighted by molar-refractivity contribution is -0.122. The smallest absolute Gasteiger partial charge is 0.258 e. The molecule has 0 saturated carbocycles. The molecule has 0 saturated heterocycles. The molecule has 21 heavy (non-hydrogen) atoms. The minimum atomic E-state index is -0.315. The largest absolute Gasteiger partial charge is 0.483 e. The molecule has 0 aromatic heterocycles. The Bertz CT molecular complexity index is 540. The third kappa shape index (κ3) is 5.74. The Labute approximate surface area is 133 Å². The number of hydrogen-bond donors (Lipinski definition) is 2. The van der Waals surface area contributed by atoms with Gasteiger partial charge in [0.05, 0.1) is 6.07 Å². The van der Waals surface area contributed by atoms with Gasteiger partial charge in [0.25, 0.3) is 5.91 Å². The lowest BCUT2D eigenvalue weighted by atomic mass is 10.0. The van der Waals surface area contributed by atoms with E-state index in [1.807, 2.05) is 32.0 Å². The van der Waals surface area contributed by atoms with Crippen LogP contribution in [0.2, 0.25) is 0 Å². The van der Waals surface area contributed by atoms with E-state index in [4.69, 9.17) is 15.7 Å². The van der Waals surface area contributed by atoms with E-state index < -0.39 is 0 Å². The van der Waals surface area contributed by atoms with Crippen molar-refractivity contribution in [1.82, 2.24) is 5.32 Å². The zero-order valence-corrected chi connectivity index (χ0v) is 13.9. The van der Waals surface area contributed by atoms with Crippen LogP contribution >= 0.6 is 15.9 Å². The van der Waals surface area contributed by atoms with Gasteiger partial charge in [-0.15, -0.1) is 0 Å². The molecule has 5 nitrogen and oxygen atoms in total. The molecular formula is C15H20BrN3O2. The van der Waals surface area contributed by atoms with Gasteiger partial charge in [-0.25, -0.2) is 0 Å². The number of aryl methyl sites for hydroxylation is 1. The first-order chi connectivity index (χ1) is 9.97. The summed E-state index contributed by atoms with van der Waals surface area (Å²) in [5, 5.41) is 10.9. The number of nitrogens with two attached hydrogens (primary N) is 1. The standard InChI is InChI=1S/C15H20BrN3O2/c1-3-13(18)8-11-7-12(16)6-10(2)15(11)21-9-14(20)19-5-4-17/h6-7,13H,3,5,8-9,18H2,1-2H3,(H,19,20). The van der Waals surface area contributed by atoms with Gasteiger partial charge in [0, 0.05) is 10.5 Å². The quantitative estimate of drug-likeness (QED) is 0.734. The molecule has 1 aromatic rings. The Morgan fingerprint density at radius 1 is 1.57 bits per heavy atom. The highest BCUT2D eigenvalue weighted by atomic mass is 79.9. The highest BCUT2D eigenvalue weighted by Crippen LogP contribution is 2.29. The van der Waals surface area contributed by atoms with E-state index >= 15 is 0 Å². The lowest BCUT2D eigenvalue weighted by Gasteiger charge is -2.17. The summed E-state index contributed by atoms with van der Waals surface area (Å²) in [6.07, 6.45) is 1.56. The number of carbonyl (C=O) groups excluding carboxylic acids is 1. The van der Waals surface area contributed by atoms with Crippen molar-refractivity contribution in [2.75, 3.05) is 13.2 Å². The molecule has 1 amide bonds. The summed E-state index contributed by atoms with van der Waals surface area (Å²) in [6, 6.07) is 5.80. The number of amides is 1. The second-order valence-corrected chi connectivity index (χ2v) is 5.72. The Hall–Kier alpha value is -1.58. The number of benzene rings is 1. The summed E-state index contributed by atoms with van der Waals surface area (Å²) in [6.45, 7) is 3.83. The minimum absolute atomic E-state index is 0.0188. The summed E-state index contributed by atoms with van der Waals surface area (Å²) in [7, 11) is 0. The topological polar surface area (TPSA) is 88.1 Å². The predicted octanol–water partition coefficient (Wildman–Crippen LogP) is 2.06. The van der Waals surface area contributed by atoms with E-state index in [0.29, 0.717) is 12.2 Å². The Morgan fingerprint density at radius 2 is 2.29 bits per heavy atom. The fourth-order valence-corrected chi connectivity index (χ4v) is 2.53. The summed E-state index contributed by atoms with van der Waals surface area (Å²) >= 11 is 3.46. The van der Waals surface area contributed by atoms with E-state index in [2.05, 4.69) is 21.2 Å². The summed E-state index contributed by atoms with van der Waals surface area (Å²) < 4.78 is 6.59. The zero-order valence-electron chi connectivity index (χ0n) is 12.3. The van der Waals surface area contributed by atoms with E-state index in [-0.39, 0.29) is 25.1 Å². The molecule has 0 aliphatic rings. The first-order valence-electron chi connectivity index (χ1n) is 6.79. The Kier molecular flexibility index (Phi) is 7.20. The fraction of sp³-hybridized carbons (Fsp3) is 0.467. The van der Waals surface area contributed by atoms with Crippen LogP contribution in [-0.2, 0) is 11.2 Å². The van der Waals surface area contributed by atoms with Crippen molar-refractivity contribution in [1.29, 1.82) is 5.26 Å². The van der Waals surface area contributed by atoms with Crippen LogP contribution in [0.25, 0.3) is 0 Å². The van der Waals surface area contributed by atoms with Crippen molar-refractivity contribution < 1.29 is 9.53 Å². The van der Waals surface area contributed by atoms with Crippen LogP contribution in [0.3, 0.4) is 0 Å². The van der Waals surface area contributed by atoms with E-state index in [1.165, 1.54) is 0 Å². The van der Waals surface area contributed by atoms with Gasteiger partial charge < -0.3 is 15.8 Å².